The third kappa shape index (κ3) is 4.86. The molecule has 1 aromatic carbocycles. The zero-order valence-electron chi connectivity index (χ0n) is 19.7. The molecule has 4 aromatic rings. The number of benzene rings is 1. The van der Waals surface area contributed by atoms with Gasteiger partial charge in [0.25, 0.3) is 11.5 Å². The Morgan fingerprint density at radius 1 is 1.11 bits per heavy atom. The van der Waals surface area contributed by atoms with E-state index in [4.69, 9.17) is 4.74 Å². The van der Waals surface area contributed by atoms with E-state index in [2.05, 4.69) is 20.4 Å². The monoisotopic (exact) mass is 483 g/mol. The SMILES string of the molecule is CCCn1c(=O)c2[nH]c(-c3cc(OCC(=O)Nc4ccc(F)cc4)n(C)n3)nc2n(CCC)c1=O. The topological polar surface area (TPSA) is 129 Å². The predicted octanol–water partition coefficient (Wildman–Crippen LogP) is 2.26. The molecule has 3 aromatic heterocycles. The van der Waals surface area contributed by atoms with Gasteiger partial charge in [0.1, 0.15) is 17.0 Å². The molecule has 0 spiro atoms. The number of nitrogens with zero attached hydrogens (tertiary/aromatic N) is 5. The molecule has 0 saturated heterocycles. The Morgan fingerprint density at radius 3 is 2.49 bits per heavy atom. The maximum Gasteiger partial charge on any atom is 0.332 e. The minimum atomic E-state index is -0.428. The molecule has 0 aliphatic rings. The summed E-state index contributed by atoms with van der Waals surface area (Å²) in [6.45, 7) is 4.27. The van der Waals surface area contributed by atoms with Crippen LogP contribution >= 0.6 is 0 Å². The second kappa shape index (κ2) is 9.95. The van der Waals surface area contributed by atoms with Crippen LogP contribution in [-0.4, -0.2) is 41.4 Å². The summed E-state index contributed by atoms with van der Waals surface area (Å²) in [4.78, 5) is 45.5. The molecular weight excluding hydrogens is 457 g/mol. The van der Waals surface area contributed by atoms with Crippen molar-refractivity contribution in [3.05, 3.63) is 57.0 Å². The highest BCUT2D eigenvalue weighted by molar-refractivity contribution is 5.91. The molecule has 0 unspecified atom stereocenters. The molecule has 4 rings (SSSR count). The number of ether oxygens (including phenoxy) is 1. The van der Waals surface area contributed by atoms with Gasteiger partial charge in [0.15, 0.2) is 18.1 Å². The number of amides is 1. The van der Waals surface area contributed by atoms with Gasteiger partial charge in [-0.15, -0.1) is 0 Å². The smallest absolute Gasteiger partial charge is 0.332 e. The number of rotatable bonds is 9. The van der Waals surface area contributed by atoms with E-state index in [1.54, 1.807) is 13.1 Å². The van der Waals surface area contributed by atoms with Crippen molar-refractivity contribution in [3.63, 3.8) is 0 Å². The number of hydrogen-bond donors (Lipinski definition) is 2. The molecule has 0 aliphatic carbocycles. The van der Waals surface area contributed by atoms with Gasteiger partial charge in [-0.3, -0.25) is 18.7 Å². The number of aromatic amines is 1. The van der Waals surface area contributed by atoms with E-state index in [1.807, 2.05) is 13.8 Å². The molecule has 2 N–H and O–H groups in total. The van der Waals surface area contributed by atoms with Crippen molar-refractivity contribution in [3.8, 4) is 17.4 Å². The van der Waals surface area contributed by atoms with Crippen molar-refractivity contribution in [2.45, 2.75) is 39.8 Å². The highest BCUT2D eigenvalue weighted by Crippen LogP contribution is 2.22. The summed E-state index contributed by atoms with van der Waals surface area (Å²) in [5, 5.41) is 6.97. The van der Waals surface area contributed by atoms with Crippen LogP contribution in [0.5, 0.6) is 5.88 Å². The number of carbonyl (C=O) groups is 1. The van der Waals surface area contributed by atoms with Gasteiger partial charge in [0, 0.05) is 31.9 Å². The van der Waals surface area contributed by atoms with Crippen LogP contribution in [0, 0.1) is 5.82 Å². The van der Waals surface area contributed by atoms with Crippen molar-refractivity contribution in [2.24, 2.45) is 7.05 Å². The minimum Gasteiger partial charge on any atom is -0.468 e. The molecule has 12 heteroatoms. The van der Waals surface area contributed by atoms with Crippen LogP contribution < -0.4 is 21.3 Å². The van der Waals surface area contributed by atoms with Crippen LogP contribution in [0.15, 0.2) is 39.9 Å². The number of imidazole rings is 1. The van der Waals surface area contributed by atoms with Crippen LogP contribution in [0.3, 0.4) is 0 Å². The van der Waals surface area contributed by atoms with Crippen LogP contribution in [0.4, 0.5) is 10.1 Å². The first-order chi connectivity index (χ1) is 16.8. The first-order valence-electron chi connectivity index (χ1n) is 11.3. The Kier molecular flexibility index (Phi) is 6.80. The Balaban J connectivity index is 1.59. The quantitative estimate of drug-likeness (QED) is 0.376. The second-order valence-corrected chi connectivity index (χ2v) is 8.01. The fourth-order valence-electron chi connectivity index (χ4n) is 3.70. The zero-order chi connectivity index (χ0) is 25.1. The van der Waals surface area contributed by atoms with Crippen LogP contribution in [0.1, 0.15) is 26.7 Å². The molecule has 0 atom stereocenters. The third-order valence-electron chi connectivity index (χ3n) is 5.31. The molecule has 184 valence electrons. The summed E-state index contributed by atoms with van der Waals surface area (Å²) < 4.78 is 22.7. The number of fused-ring (bicyclic) bond motifs is 1. The maximum absolute atomic E-state index is 13.0. The van der Waals surface area contributed by atoms with E-state index in [9.17, 15) is 18.8 Å². The Labute approximate surface area is 199 Å². The third-order valence-corrected chi connectivity index (χ3v) is 5.31. The first-order valence-corrected chi connectivity index (χ1v) is 11.3. The molecule has 3 heterocycles. The number of aromatic nitrogens is 6. The molecule has 0 saturated carbocycles. The van der Waals surface area contributed by atoms with Crippen molar-refractivity contribution in [1.82, 2.24) is 28.9 Å². The van der Waals surface area contributed by atoms with Crippen molar-refractivity contribution in [1.29, 1.82) is 0 Å². The average molecular weight is 484 g/mol. The largest absolute Gasteiger partial charge is 0.468 e. The first kappa shape index (κ1) is 23.9. The molecule has 11 nitrogen and oxygen atoms in total. The molecule has 0 radical (unpaired) electrons. The van der Waals surface area contributed by atoms with E-state index in [-0.39, 0.29) is 23.5 Å². The van der Waals surface area contributed by atoms with Crippen LogP contribution in [-0.2, 0) is 24.9 Å². The summed E-state index contributed by atoms with van der Waals surface area (Å²) in [5.74, 6) is -0.229. The Morgan fingerprint density at radius 2 is 1.80 bits per heavy atom. The number of anilines is 1. The number of halogens is 1. The summed E-state index contributed by atoms with van der Waals surface area (Å²) in [6.07, 6.45) is 1.34. The van der Waals surface area contributed by atoms with Gasteiger partial charge in [0.2, 0.25) is 5.88 Å². The molecule has 0 aliphatic heterocycles. The van der Waals surface area contributed by atoms with Gasteiger partial charge >= 0.3 is 5.69 Å². The van der Waals surface area contributed by atoms with Crippen LogP contribution in [0.2, 0.25) is 0 Å². The Hall–Kier alpha value is -4.22. The van der Waals surface area contributed by atoms with Gasteiger partial charge in [-0.05, 0) is 37.1 Å². The van der Waals surface area contributed by atoms with E-state index < -0.39 is 17.3 Å². The summed E-state index contributed by atoms with van der Waals surface area (Å²) in [5.41, 5.74) is 0.517. The average Bonchev–Trinajstić information content (AvgIpc) is 3.44. The van der Waals surface area contributed by atoms with Crippen LogP contribution in [0.25, 0.3) is 22.7 Å². The zero-order valence-corrected chi connectivity index (χ0v) is 19.7. The van der Waals surface area contributed by atoms with Crippen molar-refractivity contribution < 1.29 is 13.9 Å². The van der Waals surface area contributed by atoms with Gasteiger partial charge in [-0.25, -0.2) is 18.9 Å². The fourth-order valence-corrected chi connectivity index (χ4v) is 3.70. The van der Waals surface area contributed by atoms with Crippen molar-refractivity contribution in [2.75, 3.05) is 11.9 Å². The lowest BCUT2D eigenvalue weighted by atomic mass is 10.3. The minimum absolute atomic E-state index is 0.230. The summed E-state index contributed by atoms with van der Waals surface area (Å²) >= 11 is 0. The molecule has 35 heavy (non-hydrogen) atoms. The highest BCUT2D eigenvalue weighted by Gasteiger charge is 2.19. The lowest BCUT2D eigenvalue weighted by Crippen LogP contribution is -2.40. The fraction of sp³-hybridized carbons (Fsp3) is 0.348. The predicted molar refractivity (Wildman–Crippen MR) is 128 cm³/mol. The molecule has 1 amide bonds. The van der Waals surface area contributed by atoms with E-state index >= 15 is 0 Å². The van der Waals surface area contributed by atoms with Gasteiger partial charge in [-0.2, -0.15) is 5.10 Å². The van der Waals surface area contributed by atoms with Crippen molar-refractivity contribution >= 4 is 22.8 Å². The summed E-state index contributed by atoms with van der Waals surface area (Å²) in [6, 6.07) is 6.96. The van der Waals surface area contributed by atoms with E-state index in [0.29, 0.717) is 49.0 Å². The number of H-pyrrole nitrogens is 1. The van der Waals surface area contributed by atoms with Gasteiger partial charge in [-0.1, -0.05) is 13.8 Å². The standard InChI is InChI=1S/C23H26FN7O4/c1-4-10-30-21-19(22(33)31(11-5-2)23(30)34)26-20(27-21)16-12-18(29(3)28-16)35-13-17(32)25-15-8-6-14(24)7-9-15/h6-9,12H,4-5,10-11,13H2,1-3H3,(H,25,32)(H,26,27). The summed E-state index contributed by atoms with van der Waals surface area (Å²) in [7, 11) is 1.64. The molecule has 0 fully saturated rings. The lowest BCUT2D eigenvalue weighted by molar-refractivity contribution is -0.118. The number of aryl methyl sites for hydroxylation is 2. The number of carbonyl (C=O) groups excluding carboxylic acids is 1. The normalized spacial score (nSPS) is 11.2. The number of hydrogen-bond acceptors (Lipinski definition) is 6. The van der Waals surface area contributed by atoms with Gasteiger partial charge < -0.3 is 15.0 Å². The van der Waals surface area contributed by atoms with E-state index in [1.165, 1.54) is 38.1 Å². The highest BCUT2D eigenvalue weighted by atomic mass is 19.1. The Bertz CT molecular complexity index is 1480. The lowest BCUT2D eigenvalue weighted by Gasteiger charge is -2.09. The van der Waals surface area contributed by atoms with Gasteiger partial charge in [0.05, 0.1) is 0 Å². The molecular formula is C23H26FN7O4. The molecule has 0 bridgehead atoms. The van der Waals surface area contributed by atoms with E-state index in [0.717, 1.165) is 0 Å². The maximum atomic E-state index is 13.0. The number of nitrogens with one attached hydrogen (secondary N) is 2. The second-order valence-electron chi connectivity index (χ2n) is 8.01.